The molecule has 2 saturated heterocycles. The number of halogens is 4. The van der Waals surface area contributed by atoms with Crippen LogP contribution in [0.5, 0.6) is 0 Å². The lowest BCUT2D eigenvalue weighted by atomic mass is 10.2. The molecule has 0 aliphatic carbocycles. The van der Waals surface area contributed by atoms with E-state index >= 15 is 0 Å². The zero-order valence-electron chi connectivity index (χ0n) is 22.8. The molecule has 2 aromatic carbocycles. The first-order valence-electron chi connectivity index (χ1n) is 12.7. The fourth-order valence-electron chi connectivity index (χ4n) is 3.74. The molecule has 46 heavy (non-hydrogen) atoms. The molecule has 0 atom stereocenters. The fraction of sp³-hybridized carbons (Fsp3) is 0.154. The van der Waals surface area contributed by atoms with E-state index in [-0.39, 0.29) is 65.6 Å². The smallest absolute Gasteiger partial charge is 0.271 e. The molecular formula is C26H18Cl4N6O6S4. The first kappa shape index (κ1) is 35.9. The summed E-state index contributed by atoms with van der Waals surface area (Å²) < 4.78 is 0.233. The predicted octanol–water partition coefficient (Wildman–Crippen LogP) is 4.23. The predicted molar refractivity (Wildman–Crippen MR) is 184 cm³/mol. The lowest BCUT2D eigenvalue weighted by Crippen LogP contribution is -2.43. The van der Waals surface area contributed by atoms with Gasteiger partial charge in [0.15, 0.2) is 0 Å². The summed E-state index contributed by atoms with van der Waals surface area (Å²) in [6, 6.07) is 8.47. The number of hydrogen-bond acceptors (Lipinski definition) is 10. The van der Waals surface area contributed by atoms with Crippen LogP contribution in [-0.4, -0.2) is 67.0 Å². The van der Waals surface area contributed by atoms with Crippen molar-refractivity contribution in [1.82, 2.24) is 31.5 Å². The Morgan fingerprint density at radius 1 is 0.630 bits per heavy atom. The largest absolute Gasteiger partial charge is 0.292 e. The van der Waals surface area contributed by atoms with Gasteiger partial charge in [0.05, 0.1) is 31.0 Å². The van der Waals surface area contributed by atoms with Crippen LogP contribution in [0.15, 0.2) is 46.2 Å². The maximum Gasteiger partial charge on any atom is 0.271 e. The van der Waals surface area contributed by atoms with E-state index in [4.69, 9.17) is 70.8 Å². The van der Waals surface area contributed by atoms with Gasteiger partial charge in [-0.3, -0.25) is 60.3 Å². The number of nitrogens with zero attached hydrogens (tertiary/aromatic N) is 2. The van der Waals surface area contributed by atoms with Gasteiger partial charge in [-0.15, -0.1) is 0 Å². The summed E-state index contributed by atoms with van der Waals surface area (Å²) in [7, 11) is 0. The van der Waals surface area contributed by atoms with Crippen molar-refractivity contribution < 1.29 is 28.8 Å². The van der Waals surface area contributed by atoms with E-state index in [9.17, 15) is 28.8 Å². The summed E-state index contributed by atoms with van der Waals surface area (Å²) in [5.74, 6) is -3.78. The third-order valence-corrected chi connectivity index (χ3v) is 10.1. The summed E-state index contributed by atoms with van der Waals surface area (Å²) in [5, 5.41) is 0.858. The van der Waals surface area contributed by atoms with Crippen molar-refractivity contribution in [1.29, 1.82) is 0 Å². The molecule has 4 N–H and O–H groups in total. The van der Waals surface area contributed by atoms with E-state index in [1.165, 1.54) is 36.4 Å². The Labute approximate surface area is 300 Å². The third kappa shape index (κ3) is 8.68. The molecule has 4 rings (SSSR count). The molecule has 12 nitrogen and oxygen atoms in total. The summed E-state index contributed by atoms with van der Waals surface area (Å²) in [5.41, 5.74) is 9.10. The number of hydrogen-bond donors (Lipinski definition) is 4. The monoisotopic (exact) mass is 778 g/mol. The minimum atomic E-state index is -0.673. The Morgan fingerprint density at radius 2 is 1.00 bits per heavy atom. The van der Waals surface area contributed by atoms with Gasteiger partial charge < -0.3 is 0 Å². The molecule has 0 bridgehead atoms. The van der Waals surface area contributed by atoms with E-state index < -0.39 is 35.4 Å². The van der Waals surface area contributed by atoms with Crippen LogP contribution >= 0.6 is 94.4 Å². The van der Waals surface area contributed by atoms with Gasteiger partial charge >= 0.3 is 0 Å². The summed E-state index contributed by atoms with van der Waals surface area (Å²) in [4.78, 5) is 78.0. The van der Waals surface area contributed by atoms with Crippen LogP contribution in [-0.2, 0) is 19.2 Å². The van der Waals surface area contributed by atoms with Crippen LogP contribution in [0.3, 0.4) is 0 Å². The zero-order valence-corrected chi connectivity index (χ0v) is 29.1. The first-order chi connectivity index (χ1) is 21.8. The Kier molecular flexibility index (Phi) is 12.3. The van der Waals surface area contributed by atoms with Crippen molar-refractivity contribution in [3.05, 3.63) is 77.4 Å². The number of nitrogens with one attached hydrogen (secondary N) is 4. The van der Waals surface area contributed by atoms with E-state index in [0.717, 1.165) is 33.3 Å². The van der Waals surface area contributed by atoms with Gasteiger partial charge in [0.2, 0.25) is 11.8 Å². The maximum atomic E-state index is 13.1. The first-order valence-corrected chi connectivity index (χ1v) is 16.6. The number of carbonyl (C=O) groups excluding carboxylic acids is 6. The van der Waals surface area contributed by atoms with Crippen LogP contribution in [0.2, 0.25) is 20.1 Å². The van der Waals surface area contributed by atoms with Gasteiger partial charge in [-0.2, -0.15) is 0 Å². The number of thioether (sulfide) groups is 2. The lowest BCUT2D eigenvalue weighted by molar-refractivity contribution is -0.126. The average molecular weight is 781 g/mol. The Bertz CT molecular complexity index is 1620. The zero-order chi connectivity index (χ0) is 33.7. The van der Waals surface area contributed by atoms with Crippen LogP contribution < -0.4 is 21.7 Å². The number of amides is 6. The van der Waals surface area contributed by atoms with Gasteiger partial charge in [-0.05, 0) is 36.4 Å². The Balaban J connectivity index is 1.27. The molecule has 0 spiro atoms. The van der Waals surface area contributed by atoms with Gasteiger partial charge in [0, 0.05) is 36.0 Å². The van der Waals surface area contributed by atoms with E-state index in [1.807, 2.05) is 0 Å². The molecule has 20 heteroatoms. The SMILES string of the molecule is O=C(CCN1C(=O)/C(=C2\SC(=S)N(CCC(=O)NNC(=O)c3ccc(Cl)cc3Cl)C2=O)SC1=S)NNC(=O)c1ccc(Cl)cc1Cl. The molecule has 0 radical (unpaired) electrons. The van der Waals surface area contributed by atoms with Crippen molar-refractivity contribution >= 4 is 138 Å². The number of hydrazine groups is 2. The quantitative estimate of drug-likeness (QED) is 0.174. The second-order valence-corrected chi connectivity index (χ2v) is 14.0. The second-order valence-electron chi connectivity index (χ2n) is 9.06. The summed E-state index contributed by atoms with van der Waals surface area (Å²) >= 11 is 36.0. The number of benzene rings is 2. The van der Waals surface area contributed by atoms with Crippen LogP contribution in [0.25, 0.3) is 0 Å². The summed E-state index contributed by atoms with van der Waals surface area (Å²) in [6.07, 6.45) is -0.462. The van der Waals surface area contributed by atoms with Crippen molar-refractivity contribution in [3.8, 4) is 0 Å². The molecule has 2 heterocycles. The van der Waals surface area contributed by atoms with Gasteiger partial charge in [0.25, 0.3) is 23.6 Å². The molecule has 0 unspecified atom stereocenters. The van der Waals surface area contributed by atoms with Crippen LogP contribution in [0.4, 0.5) is 0 Å². The van der Waals surface area contributed by atoms with Crippen molar-refractivity contribution in [2.45, 2.75) is 12.8 Å². The highest BCUT2D eigenvalue weighted by molar-refractivity contribution is 8.29. The van der Waals surface area contributed by atoms with Crippen LogP contribution in [0.1, 0.15) is 33.6 Å². The maximum absolute atomic E-state index is 13.1. The highest BCUT2D eigenvalue weighted by Crippen LogP contribution is 2.42. The standard InChI is InChI=1S/C26H18Cl4N6O6S4/c27-11-1-3-13(15(29)9-11)21(39)33-31-17(37)5-7-35-23(41)19(45-25(35)43)20-24(42)36(26(44)46-20)8-6-18(38)32-34-22(40)14-4-2-12(28)10-16(14)30/h1-4,9-10H,5-8H2,(H,31,37)(H,32,38)(H,33,39)(H,34,40)/b20-19+. The van der Waals surface area contributed by atoms with Crippen LogP contribution in [0, 0.1) is 0 Å². The topological polar surface area (TPSA) is 157 Å². The fourth-order valence-corrected chi connectivity index (χ4v) is 7.50. The molecule has 0 aromatic heterocycles. The van der Waals surface area contributed by atoms with Gasteiger partial charge in [-0.1, -0.05) is 94.4 Å². The van der Waals surface area contributed by atoms with E-state index in [2.05, 4.69) is 21.7 Å². The molecule has 2 aliphatic rings. The molecular weight excluding hydrogens is 762 g/mol. The Morgan fingerprint density at radius 3 is 1.35 bits per heavy atom. The average Bonchev–Trinajstić information content (AvgIpc) is 3.44. The molecule has 0 saturated carbocycles. The highest BCUT2D eigenvalue weighted by Gasteiger charge is 2.42. The highest BCUT2D eigenvalue weighted by atomic mass is 35.5. The van der Waals surface area contributed by atoms with Gasteiger partial charge in [0.1, 0.15) is 8.64 Å². The number of thiocarbonyl (C=S) groups is 2. The second kappa shape index (κ2) is 15.8. The molecule has 240 valence electrons. The molecule has 2 aliphatic heterocycles. The number of carbonyl (C=O) groups is 6. The van der Waals surface area contributed by atoms with Crippen molar-refractivity contribution in [3.63, 3.8) is 0 Å². The molecule has 2 aromatic rings. The lowest BCUT2D eigenvalue weighted by Gasteiger charge is -2.15. The summed E-state index contributed by atoms with van der Waals surface area (Å²) in [6.45, 7) is -0.268. The van der Waals surface area contributed by atoms with E-state index in [1.54, 1.807) is 0 Å². The molecule has 6 amide bonds. The van der Waals surface area contributed by atoms with Crippen molar-refractivity contribution in [2.24, 2.45) is 0 Å². The minimum Gasteiger partial charge on any atom is -0.292 e. The van der Waals surface area contributed by atoms with Crippen molar-refractivity contribution in [2.75, 3.05) is 13.1 Å². The Hall–Kier alpha value is -2.96. The van der Waals surface area contributed by atoms with Gasteiger partial charge in [-0.25, -0.2) is 0 Å². The normalized spacial score (nSPS) is 16.2. The minimum absolute atomic E-state index is 0.0347. The van der Waals surface area contributed by atoms with E-state index in [0.29, 0.717) is 10.0 Å². The molecule has 2 fully saturated rings. The third-order valence-electron chi connectivity index (χ3n) is 6.01. The number of rotatable bonds is 8.